The number of rotatable bonds is 3. The number of nitrogens with zero attached hydrogens (tertiary/aromatic N) is 3. The quantitative estimate of drug-likeness (QED) is 0.440. The summed E-state index contributed by atoms with van der Waals surface area (Å²) in [4.78, 5) is 0. The average molecular weight is 143 g/mol. The van der Waals surface area contributed by atoms with Gasteiger partial charge in [0, 0.05) is 19.8 Å². The summed E-state index contributed by atoms with van der Waals surface area (Å²) in [5.41, 5.74) is 0. The van der Waals surface area contributed by atoms with Crippen LogP contribution >= 0.6 is 0 Å². The Morgan fingerprint density at radius 1 is 1.50 bits per heavy atom. The van der Waals surface area contributed by atoms with E-state index < -0.39 is 0 Å². The smallest absolute Gasteiger partial charge is 0.0441 e. The van der Waals surface area contributed by atoms with Gasteiger partial charge < -0.3 is 0 Å². The Balaban J connectivity index is 0. The van der Waals surface area contributed by atoms with Crippen LogP contribution in [0.1, 0.15) is 20.8 Å². The molecule has 0 aliphatic heterocycles. The first-order valence-electron chi connectivity index (χ1n) is 3.54. The third-order valence-corrected chi connectivity index (χ3v) is 0.744. The summed E-state index contributed by atoms with van der Waals surface area (Å²) in [5.74, 6) is 0. The molecular weight excluding hydrogens is 126 g/mol. The van der Waals surface area contributed by atoms with Crippen molar-refractivity contribution >= 4 is 0 Å². The average Bonchev–Trinajstić information content (AvgIpc) is 2.04. The minimum Gasteiger partial charge on any atom is -0.282 e. The van der Waals surface area contributed by atoms with E-state index in [0.717, 1.165) is 6.54 Å². The fourth-order valence-electron chi connectivity index (χ4n) is 0.188. The largest absolute Gasteiger partial charge is 0.282 e. The zero-order chi connectivity index (χ0) is 8.41. The van der Waals surface area contributed by atoms with Gasteiger partial charge in [0.25, 0.3) is 0 Å². The topological polar surface area (TPSA) is 28.0 Å². The van der Waals surface area contributed by atoms with Crippen molar-refractivity contribution in [2.24, 2.45) is 10.3 Å². The van der Waals surface area contributed by atoms with Crippen LogP contribution in [0.2, 0.25) is 0 Å². The molecule has 0 fully saturated rings. The highest BCUT2D eigenvalue weighted by Crippen LogP contribution is 1.82. The lowest BCUT2D eigenvalue weighted by Crippen LogP contribution is -2.07. The Labute approximate surface area is 63.4 Å². The minimum atomic E-state index is 0.872. The molecule has 0 saturated heterocycles. The van der Waals surface area contributed by atoms with Gasteiger partial charge in [-0.15, -0.1) is 5.11 Å². The van der Waals surface area contributed by atoms with Gasteiger partial charge in [-0.05, 0) is 6.92 Å². The first-order chi connectivity index (χ1) is 4.81. The van der Waals surface area contributed by atoms with Gasteiger partial charge >= 0.3 is 0 Å². The highest BCUT2D eigenvalue weighted by atomic mass is 15.5. The van der Waals surface area contributed by atoms with E-state index in [2.05, 4.69) is 16.9 Å². The lowest BCUT2D eigenvalue weighted by atomic mass is 10.8. The van der Waals surface area contributed by atoms with Crippen LogP contribution in [0.15, 0.2) is 23.1 Å². The highest BCUT2D eigenvalue weighted by Gasteiger charge is 1.79. The van der Waals surface area contributed by atoms with Crippen LogP contribution in [-0.2, 0) is 0 Å². The van der Waals surface area contributed by atoms with Gasteiger partial charge in [-0.2, -0.15) is 0 Å². The molecular formula is C7H17N3. The molecule has 0 spiro atoms. The van der Waals surface area contributed by atoms with Crippen LogP contribution in [0.3, 0.4) is 0 Å². The van der Waals surface area contributed by atoms with Crippen molar-refractivity contribution in [3.05, 3.63) is 12.8 Å². The Kier molecular flexibility index (Phi) is 13.1. The van der Waals surface area contributed by atoms with Gasteiger partial charge in [0.15, 0.2) is 0 Å². The summed E-state index contributed by atoms with van der Waals surface area (Å²) >= 11 is 0. The number of hydrogen-bond acceptors (Lipinski definition) is 2. The summed E-state index contributed by atoms with van der Waals surface area (Å²) in [6, 6.07) is 0. The molecule has 0 radical (unpaired) electrons. The van der Waals surface area contributed by atoms with Gasteiger partial charge in [-0.25, -0.2) is 0 Å². The maximum Gasteiger partial charge on any atom is 0.0441 e. The standard InChI is InChI=1S/C5H11N3.C2H6/c1-4-6-7-8(3)5-2;1-2/h4H,1,5H2,2-3H3;1-2H3. The summed E-state index contributed by atoms with van der Waals surface area (Å²) in [5, 5.41) is 8.98. The van der Waals surface area contributed by atoms with E-state index in [4.69, 9.17) is 0 Å². The molecule has 0 aromatic rings. The van der Waals surface area contributed by atoms with E-state index in [0.29, 0.717) is 0 Å². The van der Waals surface area contributed by atoms with Crippen LogP contribution < -0.4 is 0 Å². The zero-order valence-corrected chi connectivity index (χ0v) is 7.33. The summed E-state index contributed by atoms with van der Waals surface area (Å²) < 4.78 is 0. The molecule has 0 aromatic carbocycles. The van der Waals surface area contributed by atoms with Crippen molar-refractivity contribution in [1.29, 1.82) is 0 Å². The normalized spacial score (nSPS) is 8.40. The molecule has 60 valence electrons. The van der Waals surface area contributed by atoms with E-state index in [9.17, 15) is 0 Å². The van der Waals surface area contributed by atoms with E-state index in [1.54, 1.807) is 5.01 Å². The summed E-state index contributed by atoms with van der Waals surface area (Å²) in [6.07, 6.45) is 1.41. The predicted octanol–water partition coefficient (Wildman–Crippen LogP) is 2.48. The van der Waals surface area contributed by atoms with Gasteiger partial charge in [-0.1, -0.05) is 25.6 Å². The fourth-order valence-corrected chi connectivity index (χ4v) is 0.188. The van der Waals surface area contributed by atoms with Crippen LogP contribution in [-0.4, -0.2) is 18.6 Å². The third-order valence-electron chi connectivity index (χ3n) is 0.744. The molecule has 0 unspecified atom stereocenters. The Morgan fingerprint density at radius 3 is 2.30 bits per heavy atom. The molecule has 0 aliphatic rings. The van der Waals surface area contributed by atoms with E-state index in [1.807, 2.05) is 27.8 Å². The van der Waals surface area contributed by atoms with Crippen LogP contribution in [0, 0.1) is 0 Å². The Morgan fingerprint density at radius 2 is 2.00 bits per heavy atom. The van der Waals surface area contributed by atoms with Crippen molar-refractivity contribution in [1.82, 2.24) is 5.01 Å². The molecule has 10 heavy (non-hydrogen) atoms. The Bertz CT molecular complexity index is 88.9. The molecule has 0 bridgehead atoms. The molecule has 0 aliphatic carbocycles. The first-order valence-corrected chi connectivity index (χ1v) is 3.54. The molecule has 0 heterocycles. The third kappa shape index (κ3) is 10.2. The van der Waals surface area contributed by atoms with Gasteiger partial charge in [0.1, 0.15) is 0 Å². The van der Waals surface area contributed by atoms with E-state index in [1.165, 1.54) is 6.20 Å². The lowest BCUT2D eigenvalue weighted by Gasteiger charge is -2.03. The van der Waals surface area contributed by atoms with Crippen molar-refractivity contribution in [3.63, 3.8) is 0 Å². The van der Waals surface area contributed by atoms with Crippen LogP contribution in [0.4, 0.5) is 0 Å². The fraction of sp³-hybridized carbons (Fsp3) is 0.714. The van der Waals surface area contributed by atoms with E-state index >= 15 is 0 Å². The van der Waals surface area contributed by atoms with Gasteiger partial charge in [0.2, 0.25) is 0 Å². The summed E-state index contributed by atoms with van der Waals surface area (Å²) in [7, 11) is 1.85. The summed E-state index contributed by atoms with van der Waals surface area (Å²) in [6.45, 7) is 10.3. The lowest BCUT2D eigenvalue weighted by molar-refractivity contribution is 0.350. The van der Waals surface area contributed by atoms with Gasteiger partial charge in [0.05, 0.1) is 0 Å². The maximum atomic E-state index is 3.70. The highest BCUT2D eigenvalue weighted by molar-refractivity contribution is 4.56. The van der Waals surface area contributed by atoms with Gasteiger partial charge in [-0.3, -0.25) is 5.01 Å². The van der Waals surface area contributed by atoms with E-state index in [-0.39, 0.29) is 0 Å². The minimum absolute atomic E-state index is 0.872. The van der Waals surface area contributed by atoms with Crippen molar-refractivity contribution in [2.75, 3.05) is 13.6 Å². The molecule has 0 rings (SSSR count). The molecule has 3 heteroatoms. The maximum absolute atomic E-state index is 3.70. The Hall–Kier alpha value is -0.860. The SMILES string of the molecule is C=CN=NN(C)CC.CC. The van der Waals surface area contributed by atoms with Crippen molar-refractivity contribution in [2.45, 2.75) is 20.8 Å². The second kappa shape index (κ2) is 11.0. The zero-order valence-electron chi connectivity index (χ0n) is 7.33. The van der Waals surface area contributed by atoms with Crippen LogP contribution in [0.25, 0.3) is 0 Å². The van der Waals surface area contributed by atoms with Crippen molar-refractivity contribution in [3.8, 4) is 0 Å². The molecule has 0 aromatic heterocycles. The molecule has 0 N–H and O–H groups in total. The first kappa shape index (κ1) is 11.9. The second-order valence-electron chi connectivity index (χ2n) is 1.36. The molecule has 0 amide bonds. The molecule has 0 atom stereocenters. The second-order valence-corrected chi connectivity index (χ2v) is 1.36. The number of hydrogen-bond donors (Lipinski definition) is 0. The predicted molar refractivity (Wildman–Crippen MR) is 44.7 cm³/mol. The van der Waals surface area contributed by atoms with Crippen LogP contribution in [0.5, 0.6) is 0 Å². The monoisotopic (exact) mass is 143 g/mol. The van der Waals surface area contributed by atoms with Crippen molar-refractivity contribution < 1.29 is 0 Å². The molecule has 0 saturated carbocycles. The molecule has 3 nitrogen and oxygen atoms in total.